The van der Waals surface area contributed by atoms with Gasteiger partial charge in [-0.3, -0.25) is 0 Å². The molecule has 0 radical (unpaired) electrons. The Labute approximate surface area is 105 Å². The van der Waals surface area contributed by atoms with Crippen LogP contribution in [0.5, 0.6) is 0 Å². The van der Waals surface area contributed by atoms with E-state index in [0.717, 1.165) is 0 Å². The predicted octanol–water partition coefficient (Wildman–Crippen LogP) is 0.660. The average molecular weight is 266 g/mol. The summed E-state index contributed by atoms with van der Waals surface area (Å²) in [4.78, 5) is 0. The SMILES string of the molecule is COCCCS(=O)(=O)N(CCCN)CC(C)C. The average Bonchev–Trinajstić information content (AvgIpc) is 2.23. The van der Waals surface area contributed by atoms with E-state index in [9.17, 15) is 8.42 Å². The maximum atomic E-state index is 12.1. The topological polar surface area (TPSA) is 72.6 Å². The lowest BCUT2D eigenvalue weighted by atomic mass is 10.2. The Morgan fingerprint density at radius 3 is 2.41 bits per heavy atom. The molecule has 0 amide bonds. The summed E-state index contributed by atoms with van der Waals surface area (Å²) < 4.78 is 30.6. The molecular weight excluding hydrogens is 240 g/mol. The second-order valence-corrected chi connectivity index (χ2v) is 6.64. The molecule has 0 saturated heterocycles. The van der Waals surface area contributed by atoms with Crippen molar-refractivity contribution in [2.45, 2.75) is 26.7 Å². The fourth-order valence-corrected chi connectivity index (χ4v) is 3.21. The first kappa shape index (κ1) is 16.8. The molecule has 0 rings (SSSR count). The summed E-state index contributed by atoms with van der Waals surface area (Å²) in [5.41, 5.74) is 5.43. The second-order valence-electron chi connectivity index (χ2n) is 4.56. The van der Waals surface area contributed by atoms with Crippen LogP contribution in [0.4, 0.5) is 0 Å². The molecule has 0 heterocycles. The van der Waals surface area contributed by atoms with E-state index in [2.05, 4.69) is 0 Å². The molecule has 0 atom stereocenters. The zero-order valence-corrected chi connectivity index (χ0v) is 12.0. The highest BCUT2D eigenvalue weighted by Crippen LogP contribution is 2.08. The largest absolute Gasteiger partial charge is 0.385 e. The molecular formula is C11H26N2O3S. The third-order valence-electron chi connectivity index (χ3n) is 2.32. The molecule has 0 aromatic heterocycles. The van der Waals surface area contributed by atoms with E-state index in [4.69, 9.17) is 10.5 Å². The molecule has 0 aromatic carbocycles. The molecule has 2 N–H and O–H groups in total. The Morgan fingerprint density at radius 1 is 1.29 bits per heavy atom. The molecule has 0 bridgehead atoms. The Hall–Kier alpha value is -0.170. The Balaban J connectivity index is 4.41. The van der Waals surface area contributed by atoms with Gasteiger partial charge in [0.15, 0.2) is 0 Å². The van der Waals surface area contributed by atoms with E-state index < -0.39 is 10.0 Å². The first-order valence-corrected chi connectivity index (χ1v) is 7.71. The summed E-state index contributed by atoms with van der Waals surface area (Å²) in [5, 5.41) is 0. The number of hydrogen-bond donors (Lipinski definition) is 1. The van der Waals surface area contributed by atoms with Crippen molar-refractivity contribution >= 4 is 10.0 Å². The molecule has 0 aliphatic carbocycles. The number of ether oxygens (including phenoxy) is 1. The van der Waals surface area contributed by atoms with Crippen LogP contribution in [-0.2, 0) is 14.8 Å². The molecule has 17 heavy (non-hydrogen) atoms. The van der Waals surface area contributed by atoms with E-state index in [0.29, 0.717) is 45.0 Å². The van der Waals surface area contributed by atoms with Crippen LogP contribution < -0.4 is 5.73 Å². The summed E-state index contributed by atoms with van der Waals surface area (Å²) in [6.07, 6.45) is 1.24. The summed E-state index contributed by atoms with van der Waals surface area (Å²) in [5.74, 6) is 0.475. The van der Waals surface area contributed by atoms with Gasteiger partial charge in [0.05, 0.1) is 5.75 Å². The molecule has 104 valence electrons. The number of sulfonamides is 1. The van der Waals surface area contributed by atoms with Crippen LogP contribution in [0.2, 0.25) is 0 Å². The van der Waals surface area contributed by atoms with Crippen molar-refractivity contribution in [2.24, 2.45) is 11.7 Å². The first-order chi connectivity index (χ1) is 7.94. The molecule has 0 fully saturated rings. The van der Waals surface area contributed by atoms with Gasteiger partial charge in [0.2, 0.25) is 10.0 Å². The van der Waals surface area contributed by atoms with Gasteiger partial charge in [-0.25, -0.2) is 12.7 Å². The molecule has 0 spiro atoms. The van der Waals surface area contributed by atoms with Crippen LogP contribution in [0.15, 0.2) is 0 Å². The summed E-state index contributed by atoms with van der Waals surface area (Å²) in [6, 6.07) is 0. The molecule has 0 unspecified atom stereocenters. The van der Waals surface area contributed by atoms with Crippen molar-refractivity contribution in [3.8, 4) is 0 Å². The minimum Gasteiger partial charge on any atom is -0.385 e. The molecule has 0 saturated carbocycles. The minimum absolute atomic E-state index is 0.151. The van der Waals surface area contributed by atoms with Crippen molar-refractivity contribution in [1.82, 2.24) is 4.31 Å². The monoisotopic (exact) mass is 266 g/mol. The van der Waals surface area contributed by atoms with Gasteiger partial charge in [-0.2, -0.15) is 0 Å². The fraction of sp³-hybridized carbons (Fsp3) is 1.00. The minimum atomic E-state index is -3.16. The number of rotatable bonds is 10. The first-order valence-electron chi connectivity index (χ1n) is 6.11. The van der Waals surface area contributed by atoms with E-state index in [1.54, 1.807) is 11.4 Å². The van der Waals surface area contributed by atoms with E-state index in [1.165, 1.54) is 0 Å². The molecule has 0 aromatic rings. The lowest BCUT2D eigenvalue weighted by Crippen LogP contribution is -2.37. The highest BCUT2D eigenvalue weighted by molar-refractivity contribution is 7.89. The van der Waals surface area contributed by atoms with Crippen LogP contribution in [0.25, 0.3) is 0 Å². The number of nitrogens with zero attached hydrogens (tertiary/aromatic N) is 1. The lowest BCUT2D eigenvalue weighted by Gasteiger charge is -2.23. The number of nitrogens with two attached hydrogens (primary N) is 1. The molecule has 0 aliphatic rings. The smallest absolute Gasteiger partial charge is 0.214 e. The van der Waals surface area contributed by atoms with Gasteiger partial charge in [-0.15, -0.1) is 0 Å². The second kappa shape index (κ2) is 8.85. The van der Waals surface area contributed by atoms with Gasteiger partial charge in [0, 0.05) is 26.8 Å². The maximum Gasteiger partial charge on any atom is 0.214 e. The van der Waals surface area contributed by atoms with Crippen LogP contribution >= 0.6 is 0 Å². The van der Waals surface area contributed by atoms with Crippen molar-refractivity contribution in [3.63, 3.8) is 0 Å². The fourth-order valence-electron chi connectivity index (χ4n) is 1.53. The maximum absolute atomic E-state index is 12.1. The van der Waals surface area contributed by atoms with E-state index >= 15 is 0 Å². The molecule has 6 heteroatoms. The standard InChI is InChI=1S/C11H26N2O3S/c1-11(2)10-13(7-4-6-12)17(14,15)9-5-8-16-3/h11H,4-10,12H2,1-3H3. The van der Waals surface area contributed by atoms with Crippen molar-refractivity contribution in [3.05, 3.63) is 0 Å². The lowest BCUT2D eigenvalue weighted by molar-refractivity contribution is 0.199. The van der Waals surface area contributed by atoms with Crippen LogP contribution in [0.1, 0.15) is 26.7 Å². The van der Waals surface area contributed by atoms with Crippen LogP contribution in [-0.4, -0.2) is 51.8 Å². The van der Waals surface area contributed by atoms with Gasteiger partial charge in [-0.1, -0.05) is 13.8 Å². The Kier molecular flexibility index (Phi) is 8.77. The van der Waals surface area contributed by atoms with Gasteiger partial charge in [0.1, 0.15) is 0 Å². The summed E-state index contributed by atoms with van der Waals surface area (Å²) >= 11 is 0. The quantitative estimate of drug-likeness (QED) is 0.590. The summed E-state index contributed by atoms with van der Waals surface area (Å²) in [7, 11) is -1.59. The highest BCUT2D eigenvalue weighted by Gasteiger charge is 2.21. The third kappa shape index (κ3) is 7.70. The molecule has 5 nitrogen and oxygen atoms in total. The predicted molar refractivity (Wildman–Crippen MR) is 70.4 cm³/mol. The van der Waals surface area contributed by atoms with E-state index in [1.807, 2.05) is 13.8 Å². The Morgan fingerprint density at radius 2 is 1.94 bits per heavy atom. The van der Waals surface area contributed by atoms with Crippen LogP contribution in [0, 0.1) is 5.92 Å². The van der Waals surface area contributed by atoms with Crippen molar-refractivity contribution < 1.29 is 13.2 Å². The van der Waals surface area contributed by atoms with Crippen molar-refractivity contribution in [1.29, 1.82) is 0 Å². The van der Waals surface area contributed by atoms with Gasteiger partial charge in [0.25, 0.3) is 0 Å². The zero-order chi connectivity index (χ0) is 13.3. The van der Waals surface area contributed by atoms with E-state index in [-0.39, 0.29) is 5.75 Å². The molecule has 0 aliphatic heterocycles. The third-order valence-corrected chi connectivity index (χ3v) is 4.25. The number of hydrogen-bond acceptors (Lipinski definition) is 4. The number of methoxy groups -OCH3 is 1. The highest BCUT2D eigenvalue weighted by atomic mass is 32.2. The Bertz CT molecular complexity index is 278. The van der Waals surface area contributed by atoms with Crippen LogP contribution in [0.3, 0.4) is 0 Å². The summed E-state index contributed by atoms with van der Waals surface area (Å²) in [6.45, 7) is 6.10. The van der Waals surface area contributed by atoms with Crippen molar-refractivity contribution in [2.75, 3.05) is 39.1 Å². The van der Waals surface area contributed by atoms with Gasteiger partial charge < -0.3 is 10.5 Å². The normalized spacial score (nSPS) is 12.6. The van der Waals surface area contributed by atoms with Gasteiger partial charge >= 0.3 is 0 Å². The van der Waals surface area contributed by atoms with Gasteiger partial charge in [-0.05, 0) is 25.3 Å². The zero-order valence-electron chi connectivity index (χ0n) is 11.2.